The van der Waals surface area contributed by atoms with Crippen molar-refractivity contribution in [2.45, 2.75) is 0 Å². The molecule has 0 heterocycles. The Balaban J connectivity index is 1.87. The van der Waals surface area contributed by atoms with Crippen LogP contribution in [0.3, 0.4) is 0 Å². The maximum atomic E-state index is 11.7. The van der Waals surface area contributed by atoms with Gasteiger partial charge in [-0.25, -0.2) is 5.43 Å². The summed E-state index contributed by atoms with van der Waals surface area (Å²) in [7, 11) is 1.55. The molecule has 25 heavy (non-hydrogen) atoms. The normalized spacial score (nSPS) is 10.3. The van der Waals surface area contributed by atoms with E-state index in [1.54, 1.807) is 31.4 Å². The first-order chi connectivity index (χ1) is 12.0. The number of amides is 2. The highest BCUT2D eigenvalue weighted by molar-refractivity contribution is 6.39. The Morgan fingerprint density at radius 1 is 1.08 bits per heavy atom. The number of nitrogens with zero attached hydrogens (tertiary/aromatic N) is 2. The lowest BCUT2D eigenvalue weighted by molar-refractivity contribution is -0.384. The molecule has 0 spiro atoms. The summed E-state index contributed by atoms with van der Waals surface area (Å²) >= 11 is 0. The van der Waals surface area contributed by atoms with Crippen LogP contribution in [-0.4, -0.2) is 30.1 Å². The van der Waals surface area contributed by atoms with E-state index >= 15 is 0 Å². The second-order valence-electron chi connectivity index (χ2n) is 4.73. The molecule has 0 bridgehead atoms. The quantitative estimate of drug-likeness (QED) is 0.370. The molecular weight excluding hydrogens is 328 g/mol. The van der Waals surface area contributed by atoms with Crippen LogP contribution in [-0.2, 0) is 9.59 Å². The summed E-state index contributed by atoms with van der Waals surface area (Å²) in [4.78, 5) is 33.3. The van der Waals surface area contributed by atoms with Crippen LogP contribution in [0.25, 0.3) is 0 Å². The minimum absolute atomic E-state index is 0.119. The first-order valence-corrected chi connectivity index (χ1v) is 7.02. The number of nitro groups is 1. The maximum Gasteiger partial charge on any atom is 0.329 e. The van der Waals surface area contributed by atoms with Gasteiger partial charge in [-0.15, -0.1) is 0 Å². The third-order valence-corrected chi connectivity index (χ3v) is 3.04. The van der Waals surface area contributed by atoms with Gasteiger partial charge in [-0.05, 0) is 42.0 Å². The zero-order chi connectivity index (χ0) is 18.2. The second-order valence-corrected chi connectivity index (χ2v) is 4.73. The van der Waals surface area contributed by atoms with Crippen LogP contribution >= 0.6 is 0 Å². The number of rotatable bonds is 5. The first-order valence-electron chi connectivity index (χ1n) is 7.02. The number of methoxy groups -OCH3 is 1. The summed E-state index contributed by atoms with van der Waals surface area (Å²) in [5, 5.41) is 16.5. The number of hydrogen-bond donors (Lipinski definition) is 2. The molecule has 128 valence electrons. The summed E-state index contributed by atoms with van der Waals surface area (Å²) in [5.41, 5.74) is 2.93. The molecule has 0 aliphatic heterocycles. The van der Waals surface area contributed by atoms with Crippen molar-refractivity contribution in [3.63, 3.8) is 0 Å². The Morgan fingerprint density at radius 3 is 2.28 bits per heavy atom. The standard InChI is InChI=1S/C16H14N4O5/c1-25-14-8-2-11(3-9-14)10-17-19-16(22)15(21)18-12-4-6-13(7-5-12)20(23)24/h2-10H,1H3,(H,18,21)(H,19,22). The molecule has 0 saturated heterocycles. The number of hydrazone groups is 1. The van der Waals surface area contributed by atoms with E-state index in [0.717, 1.165) is 0 Å². The van der Waals surface area contributed by atoms with Crippen LogP contribution in [0.5, 0.6) is 5.75 Å². The molecular formula is C16H14N4O5. The van der Waals surface area contributed by atoms with Gasteiger partial charge in [0.15, 0.2) is 0 Å². The first kappa shape index (κ1) is 17.6. The highest BCUT2D eigenvalue weighted by Crippen LogP contribution is 2.15. The van der Waals surface area contributed by atoms with Crippen molar-refractivity contribution in [3.8, 4) is 5.75 Å². The topological polar surface area (TPSA) is 123 Å². The number of anilines is 1. The van der Waals surface area contributed by atoms with Gasteiger partial charge in [0.2, 0.25) is 0 Å². The van der Waals surface area contributed by atoms with Crippen LogP contribution in [0.1, 0.15) is 5.56 Å². The van der Waals surface area contributed by atoms with Crippen LogP contribution in [0.15, 0.2) is 53.6 Å². The lowest BCUT2D eigenvalue weighted by atomic mass is 10.2. The fraction of sp³-hybridized carbons (Fsp3) is 0.0625. The van der Waals surface area contributed by atoms with E-state index in [-0.39, 0.29) is 11.4 Å². The molecule has 2 amide bonds. The number of benzene rings is 2. The van der Waals surface area contributed by atoms with Crippen molar-refractivity contribution in [2.75, 3.05) is 12.4 Å². The molecule has 0 atom stereocenters. The van der Waals surface area contributed by atoms with Crippen molar-refractivity contribution in [1.82, 2.24) is 5.43 Å². The van der Waals surface area contributed by atoms with Crippen LogP contribution < -0.4 is 15.5 Å². The lowest BCUT2D eigenvalue weighted by Crippen LogP contribution is -2.32. The predicted octanol–water partition coefficient (Wildman–Crippen LogP) is 1.69. The van der Waals surface area contributed by atoms with Gasteiger partial charge in [0.1, 0.15) is 5.75 Å². The van der Waals surface area contributed by atoms with E-state index < -0.39 is 16.7 Å². The molecule has 0 fully saturated rings. The van der Waals surface area contributed by atoms with E-state index in [4.69, 9.17) is 4.74 Å². The molecule has 0 aliphatic rings. The van der Waals surface area contributed by atoms with Crippen molar-refractivity contribution in [3.05, 3.63) is 64.2 Å². The molecule has 2 rings (SSSR count). The number of carbonyl (C=O) groups excluding carboxylic acids is 2. The summed E-state index contributed by atoms with van der Waals surface area (Å²) in [5.74, 6) is -1.23. The van der Waals surface area contributed by atoms with Crippen molar-refractivity contribution >= 4 is 29.4 Å². The summed E-state index contributed by atoms with van der Waals surface area (Å²) < 4.78 is 5.02. The Morgan fingerprint density at radius 2 is 1.72 bits per heavy atom. The van der Waals surface area contributed by atoms with E-state index in [1.807, 2.05) is 0 Å². The predicted molar refractivity (Wildman–Crippen MR) is 90.5 cm³/mol. The molecule has 9 nitrogen and oxygen atoms in total. The second kappa shape index (κ2) is 8.20. The van der Waals surface area contributed by atoms with Gasteiger partial charge in [0.05, 0.1) is 18.2 Å². The van der Waals surface area contributed by atoms with E-state index in [2.05, 4.69) is 15.8 Å². The molecule has 0 unspecified atom stereocenters. The highest BCUT2D eigenvalue weighted by Gasteiger charge is 2.13. The maximum absolute atomic E-state index is 11.7. The van der Waals surface area contributed by atoms with E-state index in [0.29, 0.717) is 11.3 Å². The van der Waals surface area contributed by atoms with Crippen molar-refractivity contribution in [1.29, 1.82) is 0 Å². The minimum Gasteiger partial charge on any atom is -0.497 e. The number of hydrogen-bond acceptors (Lipinski definition) is 6. The van der Waals surface area contributed by atoms with Gasteiger partial charge < -0.3 is 10.1 Å². The Bertz CT molecular complexity index is 800. The molecule has 0 aromatic heterocycles. The van der Waals surface area contributed by atoms with Crippen LogP contribution in [0.2, 0.25) is 0 Å². The molecule has 2 N–H and O–H groups in total. The Labute approximate surface area is 142 Å². The molecule has 0 aliphatic carbocycles. The Kier molecular flexibility index (Phi) is 5.77. The fourth-order valence-electron chi connectivity index (χ4n) is 1.76. The number of non-ortho nitro benzene ring substituents is 1. The molecule has 2 aromatic carbocycles. The average Bonchev–Trinajstić information content (AvgIpc) is 2.62. The highest BCUT2D eigenvalue weighted by atomic mass is 16.6. The summed E-state index contributed by atoms with van der Waals surface area (Å²) in [6.45, 7) is 0. The molecule has 0 radical (unpaired) electrons. The number of nitrogens with one attached hydrogen (secondary N) is 2. The summed E-state index contributed by atoms with van der Waals surface area (Å²) in [6, 6.07) is 12.0. The summed E-state index contributed by atoms with van der Waals surface area (Å²) in [6.07, 6.45) is 1.37. The number of carbonyl (C=O) groups is 2. The lowest BCUT2D eigenvalue weighted by Gasteiger charge is -2.03. The van der Waals surface area contributed by atoms with Gasteiger partial charge in [-0.2, -0.15) is 5.10 Å². The van der Waals surface area contributed by atoms with Crippen LogP contribution in [0, 0.1) is 10.1 Å². The van der Waals surface area contributed by atoms with E-state index in [1.165, 1.54) is 30.5 Å². The Hall–Kier alpha value is -3.75. The fourth-order valence-corrected chi connectivity index (χ4v) is 1.76. The third-order valence-electron chi connectivity index (χ3n) is 3.04. The van der Waals surface area contributed by atoms with Gasteiger partial charge in [-0.3, -0.25) is 19.7 Å². The zero-order valence-electron chi connectivity index (χ0n) is 13.1. The average molecular weight is 342 g/mol. The van der Waals surface area contributed by atoms with Gasteiger partial charge in [0, 0.05) is 17.8 Å². The van der Waals surface area contributed by atoms with E-state index in [9.17, 15) is 19.7 Å². The largest absolute Gasteiger partial charge is 0.497 e. The molecule has 2 aromatic rings. The van der Waals surface area contributed by atoms with Crippen molar-refractivity contribution in [2.24, 2.45) is 5.10 Å². The van der Waals surface area contributed by atoms with Gasteiger partial charge in [0.25, 0.3) is 5.69 Å². The third kappa shape index (κ3) is 5.13. The van der Waals surface area contributed by atoms with Crippen molar-refractivity contribution < 1.29 is 19.2 Å². The smallest absolute Gasteiger partial charge is 0.329 e. The van der Waals surface area contributed by atoms with Crippen LogP contribution in [0.4, 0.5) is 11.4 Å². The number of nitro benzene ring substituents is 1. The SMILES string of the molecule is COc1ccc(C=NNC(=O)C(=O)Nc2ccc([N+](=O)[O-])cc2)cc1. The molecule has 9 heteroatoms. The monoisotopic (exact) mass is 342 g/mol. The minimum atomic E-state index is -0.969. The van der Waals surface area contributed by atoms with Gasteiger partial charge in [-0.1, -0.05) is 0 Å². The molecule has 0 saturated carbocycles. The number of ether oxygens (including phenoxy) is 1. The zero-order valence-corrected chi connectivity index (χ0v) is 13.1. The van der Waals surface area contributed by atoms with Gasteiger partial charge >= 0.3 is 11.8 Å².